The standard InChI is InChI=1S/C14H16N2O3/c15-14(17)16(18)11-5-9(6-11)7-12-8-10-3-1-2-4-13(10)19-12/h1-4,8-9,11,18H,5-7H2,(H2,15,17). The molecule has 0 radical (unpaired) electrons. The van der Waals surface area contributed by atoms with Crippen LogP contribution < -0.4 is 5.73 Å². The first-order chi connectivity index (χ1) is 9.13. The second kappa shape index (κ2) is 4.59. The van der Waals surface area contributed by atoms with Gasteiger partial charge in [0, 0.05) is 11.8 Å². The van der Waals surface area contributed by atoms with Crippen molar-refractivity contribution in [2.24, 2.45) is 11.7 Å². The minimum atomic E-state index is -0.785. The summed E-state index contributed by atoms with van der Waals surface area (Å²) in [6, 6.07) is 9.02. The van der Waals surface area contributed by atoms with Gasteiger partial charge in [-0.1, -0.05) is 18.2 Å². The Hall–Kier alpha value is -2.01. The number of carbonyl (C=O) groups is 1. The molecule has 0 bridgehead atoms. The fraction of sp³-hybridized carbons (Fsp3) is 0.357. The number of carbonyl (C=O) groups excluding carboxylic acids is 1. The molecule has 3 N–H and O–H groups in total. The van der Waals surface area contributed by atoms with Gasteiger partial charge in [0.1, 0.15) is 11.3 Å². The molecule has 1 aromatic carbocycles. The Kier molecular flexibility index (Phi) is 2.91. The van der Waals surface area contributed by atoms with Gasteiger partial charge < -0.3 is 10.2 Å². The lowest BCUT2D eigenvalue weighted by atomic mass is 9.77. The van der Waals surface area contributed by atoms with E-state index in [1.807, 2.05) is 30.3 Å². The number of nitrogens with two attached hydrogens (primary N) is 1. The topological polar surface area (TPSA) is 79.7 Å². The third kappa shape index (κ3) is 2.29. The lowest BCUT2D eigenvalue weighted by Crippen LogP contribution is -2.48. The normalized spacial score (nSPS) is 22.2. The lowest BCUT2D eigenvalue weighted by molar-refractivity contribution is -0.110. The number of amides is 2. The second-order valence-electron chi connectivity index (χ2n) is 5.13. The summed E-state index contributed by atoms with van der Waals surface area (Å²) in [5, 5.41) is 11.1. The van der Waals surface area contributed by atoms with E-state index in [1.54, 1.807) is 0 Å². The quantitative estimate of drug-likeness (QED) is 0.657. The highest BCUT2D eigenvalue weighted by Crippen LogP contribution is 2.34. The van der Waals surface area contributed by atoms with Crippen molar-refractivity contribution in [3.8, 4) is 0 Å². The van der Waals surface area contributed by atoms with Gasteiger partial charge in [0.2, 0.25) is 0 Å². The van der Waals surface area contributed by atoms with E-state index in [-0.39, 0.29) is 6.04 Å². The van der Waals surface area contributed by atoms with E-state index in [9.17, 15) is 10.0 Å². The van der Waals surface area contributed by atoms with Gasteiger partial charge in [0.25, 0.3) is 0 Å². The molecule has 3 rings (SSSR count). The number of hydrogen-bond acceptors (Lipinski definition) is 3. The van der Waals surface area contributed by atoms with E-state index in [1.165, 1.54) is 0 Å². The van der Waals surface area contributed by atoms with Crippen LogP contribution in [-0.2, 0) is 6.42 Å². The average molecular weight is 260 g/mol. The zero-order chi connectivity index (χ0) is 13.4. The highest BCUT2D eigenvalue weighted by atomic mass is 16.5. The van der Waals surface area contributed by atoms with E-state index in [2.05, 4.69) is 0 Å². The first-order valence-corrected chi connectivity index (χ1v) is 6.38. The Morgan fingerprint density at radius 3 is 2.84 bits per heavy atom. The highest BCUT2D eigenvalue weighted by Gasteiger charge is 2.35. The van der Waals surface area contributed by atoms with E-state index >= 15 is 0 Å². The van der Waals surface area contributed by atoms with E-state index in [0.717, 1.165) is 36.0 Å². The molecular formula is C14H16N2O3. The van der Waals surface area contributed by atoms with Gasteiger partial charge in [-0.2, -0.15) is 0 Å². The van der Waals surface area contributed by atoms with Crippen molar-refractivity contribution < 1.29 is 14.4 Å². The average Bonchev–Trinajstić information content (AvgIpc) is 2.74. The molecule has 1 aliphatic rings. The van der Waals surface area contributed by atoms with Crippen LogP contribution in [0.15, 0.2) is 34.7 Å². The SMILES string of the molecule is NC(=O)N(O)C1CC(Cc2cc3ccccc3o2)C1. The van der Waals surface area contributed by atoms with Crippen molar-refractivity contribution in [2.45, 2.75) is 25.3 Å². The zero-order valence-corrected chi connectivity index (χ0v) is 10.5. The second-order valence-corrected chi connectivity index (χ2v) is 5.13. The molecule has 1 aliphatic carbocycles. The molecule has 0 aliphatic heterocycles. The van der Waals surface area contributed by atoms with Gasteiger partial charge in [-0.25, -0.2) is 9.86 Å². The molecule has 2 amide bonds. The van der Waals surface area contributed by atoms with Crippen LogP contribution in [0, 0.1) is 5.92 Å². The summed E-state index contributed by atoms with van der Waals surface area (Å²) in [5.41, 5.74) is 5.91. The molecule has 0 unspecified atom stereocenters. The minimum Gasteiger partial charge on any atom is -0.461 e. The molecule has 1 heterocycles. The predicted molar refractivity (Wildman–Crippen MR) is 69.6 cm³/mol. The van der Waals surface area contributed by atoms with Gasteiger partial charge >= 0.3 is 6.03 Å². The number of furan rings is 1. The van der Waals surface area contributed by atoms with Crippen LogP contribution in [0.2, 0.25) is 0 Å². The van der Waals surface area contributed by atoms with Crippen molar-refractivity contribution in [2.75, 3.05) is 0 Å². The molecule has 0 saturated heterocycles. The molecule has 5 heteroatoms. The summed E-state index contributed by atoms with van der Waals surface area (Å²) in [5.74, 6) is 1.38. The number of hydroxylamine groups is 2. The van der Waals surface area contributed by atoms with Crippen molar-refractivity contribution in [3.63, 3.8) is 0 Å². The summed E-state index contributed by atoms with van der Waals surface area (Å²) >= 11 is 0. The molecule has 1 fully saturated rings. The third-order valence-corrected chi connectivity index (χ3v) is 3.75. The highest BCUT2D eigenvalue weighted by molar-refractivity contribution is 5.77. The van der Waals surface area contributed by atoms with Crippen molar-refractivity contribution in [3.05, 3.63) is 36.1 Å². The Labute approximate surface area is 110 Å². The number of fused-ring (bicyclic) bond motifs is 1. The molecular weight excluding hydrogens is 244 g/mol. The number of nitrogens with zero attached hydrogens (tertiary/aromatic N) is 1. The fourth-order valence-electron chi connectivity index (χ4n) is 2.67. The summed E-state index contributed by atoms with van der Waals surface area (Å²) in [6.07, 6.45) is 2.35. The lowest BCUT2D eigenvalue weighted by Gasteiger charge is -2.38. The maximum atomic E-state index is 10.8. The van der Waals surface area contributed by atoms with Gasteiger partial charge in [0.15, 0.2) is 0 Å². The Morgan fingerprint density at radius 1 is 1.42 bits per heavy atom. The summed E-state index contributed by atoms with van der Waals surface area (Å²) in [6.45, 7) is 0. The molecule has 0 spiro atoms. The first kappa shape index (κ1) is 12.0. The predicted octanol–water partition coefficient (Wildman–Crippen LogP) is 2.52. The number of urea groups is 1. The van der Waals surface area contributed by atoms with Crippen LogP contribution in [0.4, 0.5) is 4.79 Å². The van der Waals surface area contributed by atoms with Gasteiger partial charge in [0.05, 0.1) is 6.04 Å². The Balaban J connectivity index is 1.60. The molecule has 100 valence electrons. The molecule has 1 aromatic heterocycles. The molecule has 0 atom stereocenters. The number of rotatable bonds is 3. The third-order valence-electron chi connectivity index (χ3n) is 3.75. The zero-order valence-electron chi connectivity index (χ0n) is 10.5. The summed E-state index contributed by atoms with van der Waals surface area (Å²) in [7, 11) is 0. The van der Waals surface area contributed by atoms with E-state index in [0.29, 0.717) is 11.0 Å². The van der Waals surface area contributed by atoms with Crippen LogP contribution in [0.5, 0.6) is 0 Å². The number of para-hydroxylation sites is 1. The molecule has 19 heavy (non-hydrogen) atoms. The van der Waals surface area contributed by atoms with Crippen molar-refractivity contribution >= 4 is 17.0 Å². The maximum Gasteiger partial charge on any atom is 0.338 e. The largest absolute Gasteiger partial charge is 0.461 e. The Morgan fingerprint density at radius 2 is 2.16 bits per heavy atom. The Bertz CT molecular complexity index is 569. The number of primary amides is 1. The van der Waals surface area contributed by atoms with Crippen LogP contribution in [0.25, 0.3) is 11.0 Å². The molecule has 1 saturated carbocycles. The summed E-state index contributed by atoms with van der Waals surface area (Å²) < 4.78 is 5.75. The molecule has 2 aromatic rings. The molecule has 5 nitrogen and oxygen atoms in total. The van der Waals surface area contributed by atoms with Crippen LogP contribution in [-0.4, -0.2) is 22.3 Å². The van der Waals surface area contributed by atoms with E-state index < -0.39 is 6.03 Å². The minimum absolute atomic E-state index is 0.146. The van der Waals surface area contributed by atoms with Gasteiger partial charge in [-0.05, 0) is 30.9 Å². The first-order valence-electron chi connectivity index (χ1n) is 6.38. The van der Waals surface area contributed by atoms with Crippen LogP contribution in [0.1, 0.15) is 18.6 Å². The van der Waals surface area contributed by atoms with Crippen LogP contribution >= 0.6 is 0 Å². The van der Waals surface area contributed by atoms with E-state index in [4.69, 9.17) is 10.2 Å². The smallest absolute Gasteiger partial charge is 0.338 e. The van der Waals surface area contributed by atoms with Crippen molar-refractivity contribution in [1.82, 2.24) is 5.06 Å². The van der Waals surface area contributed by atoms with Gasteiger partial charge in [-0.3, -0.25) is 5.21 Å². The van der Waals surface area contributed by atoms with Crippen LogP contribution in [0.3, 0.4) is 0 Å². The monoisotopic (exact) mass is 260 g/mol. The number of hydrogen-bond donors (Lipinski definition) is 2. The fourth-order valence-corrected chi connectivity index (χ4v) is 2.67. The van der Waals surface area contributed by atoms with Gasteiger partial charge in [-0.15, -0.1) is 0 Å². The van der Waals surface area contributed by atoms with Crippen molar-refractivity contribution in [1.29, 1.82) is 0 Å². The summed E-state index contributed by atoms with van der Waals surface area (Å²) in [4.78, 5) is 10.8. The number of benzene rings is 1. The maximum absolute atomic E-state index is 10.8.